The Balaban J connectivity index is 2.32. The third-order valence-corrected chi connectivity index (χ3v) is 5.38. The molecule has 0 aromatic heterocycles. The van der Waals surface area contributed by atoms with E-state index in [1.165, 1.54) is 18.2 Å². The molecule has 0 saturated carbocycles. The van der Waals surface area contributed by atoms with Crippen LogP contribution in [0.25, 0.3) is 0 Å². The molecular formula is C14H15BrN2O3S. The van der Waals surface area contributed by atoms with Gasteiger partial charge in [-0.15, -0.1) is 0 Å². The van der Waals surface area contributed by atoms with E-state index in [0.29, 0.717) is 15.7 Å². The average Bonchev–Trinajstić information content (AvgIpc) is 2.45. The third kappa shape index (κ3) is 3.82. The molecule has 0 aliphatic heterocycles. The van der Waals surface area contributed by atoms with Crippen molar-refractivity contribution in [2.75, 3.05) is 12.3 Å². The van der Waals surface area contributed by atoms with E-state index in [1.807, 2.05) is 6.07 Å². The topological polar surface area (TPSA) is 92.4 Å². The molecule has 21 heavy (non-hydrogen) atoms. The van der Waals surface area contributed by atoms with Crippen molar-refractivity contribution in [1.82, 2.24) is 4.72 Å². The van der Waals surface area contributed by atoms with E-state index in [2.05, 4.69) is 20.7 Å². The highest BCUT2D eigenvalue weighted by molar-refractivity contribution is 9.10. The van der Waals surface area contributed by atoms with Crippen molar-refractivity contribution in [3.05, 3.63) is 58.6 Å². The van der Waals surface area contributed by atoms with E-state index < -0.39 is 16.1 Å². The van der Waals surface area contributed by atoms with E-state index in [0.717, 1.165) is 0 Å². The Hall–Kier alpha value is -1.41. The Kier molecular flexibility index (Phi) is 5.00. The first-order valence-corrected chi connectivity index (χ1v) is 8.45. The summed E-state index contributed by atoms with van der Waals surface area (Å²) in [6.07, 6.45) is 0. The molecule has 2 rings (SSSR count). The van der Waals surface area contributed by atoms with Gasteiger partial charge in [-0.2, -0.15) is 0 Å². The molecule has 0 bridgehead atoms. The van der Waals surface area contributed by atoms with Gasteiger partial charge in [-0.05, 0) is 39.7 Å². The van der Waals surface area contributed by atoms with E-state index in [4.69, 9.17) is 5.73 Å². The van der Waals surface area contributed by atoms with Gasteiger partial charge in [-0.1, -0.05) is 30.3 Å². The number of sulfonamides is 1. The predicted octanol–water partition coefficient (Wildman–Crippen LogP) is 2.04. The average molecular weight is 371 g/mol. The standard InChI is InChI=1S/C14H15BrN2O3S/c15-12-8-11(16)6-7-14(12)21(19,20)17-13(9-18)10-4-2-1-3-5-10/h1-8,13,17-18H,9,16H2/t13-/m1/s1. The molecule has 7 heteroatoms. The summed E-state index contributed by atoms with van der Waals surface area (Å²) in [6.45, 7) is -0.337. The van der Waals surface area contributed by atoms with Crippen LogP contribution in [0.1, 0.15) is 11.6 Å². The van der Waals surface area contributed by atoms with Crippen molar-refractivity contribution in [2.24, 2.45) is 0 Å². The predicted molar refractivity (Wildman–Crippen MR) is 85.1 cm³/mol. The van der Waals surface area contributed by atoms with E-state index in [9.17, 15) is 13.5 Å². The number of hydrogen-bond donors (Lipinski definition) is 3. The van der Waals surface area contributed by atoms with Gasteiger partial charge in [0.25, 0.3) is 0 Å². The molecule has 0 spiro atoms. The van der Waals surface area contributed by atoms with Crippen LogP contribution in [0.5, 0.6) is 0 Å². The van der Waals surface area contributed by atoms with Gasteiger partial charge >= 0.3 is 0 Å². The number of nitrogens with one attached hydrogen (secondary N) is 1. The molecule has 0 aliphatic rings. The van der Waals surface area contributed by atoms with Crippen molar-refractivity contribution >= 4 is 31.6 Å². The lowest BCUT2D eigenvalue weighted by molar-refractivity contribution is 0.259. The summed E-state index contributed by atoms with van der Waals surface area (Å²) in [4.78, 5) is 0.0751. The first-order valence-electron chi connectivity index (χ1n) is 6.17. The zero-order chi connectivity index (χ0) is 15.5. The summed E-state index contributed by atoms with van der Waals surface area (Å²) in [7, 11) is -3.78. The minimum Gasteiger partial charge on any atom is -0.399 e. The number of aliphatic hydroxyl groups excluding tert-OH is 1. The molecule has 5 nitrogen and oxygen atoms in total. The SMILES string of the molecule is Nc1ccc(S(=O)(=O)N[C@H](CO)c2ccccc2)c(Br)c1. The van der Waals surface area contributed by atoms with Crippen LogP contribution in [0.4, 0.5) is 5.69 Å². The van der Waals surface area contributed by atoms with Gasteiger partial charge in [-0.3, -0.25) is 0 Å². The van der Waals surface area contributed by atoms with Gasteiger partial charge in [-0.25, -0.2) is 13.1 Å². The molecule has 0 aliphatic carbocycles. The van der Waals surface area contributed by atoms with Crippen LogP contribution < -0.4 is 10.5 Å². The van der Waals surface area contributed by atoms with Crippen LogP contribution >= 0.6 is 15.9 Å². The fraction of sp³-hybridized carbons (Fsp3) is 0.143. The zero-order valence-electron chi connectivity index (χ0n) is 11.0. The summed E-state index contributed by atoms with van der Waals surface area (Å²) in [5.41, 5.74) is 6.75. The molecular weight excluding hydrogens is 356 g/mol. The van der Waals surface area contributed by atoms with Gasteiger partial charge in [0.1, 0.15) is 0 Å². The van der Waals surface area contributed by atoms with E-state index in [-0.39, 0.29) is 11.5 Å². The van der Waals surface area contributed by atoms with Crippen LogP contribution in [0.15, 0.2) is 57.9 Å². The van der Waals surface area contributed by atoms with Crippen LogP contribution in [0.3, 0.4) is 0 Å². The smallest absolute Gasteiger partial charge is 0.242 e. The highest BCUT2D eigenvalue weighted by Crippen LogP contribution is 2.25. The second kappa shape index (κ2) is 6.57. The normalized spacial score (nSPS) is 13.0. The van der Waals surface area contributed by atoms with E-state index >= 15 is 0 Å². The molecule has 112 valence electrons. The minimum absolute atomic E-state index is 0.0751. The second-order valence-electron chi connectivity index (χ2n) is 4.46. The number of hydrogen-bond acceptors (Lipinski definition) is 4. The van der Waals surface area contributed by atoms with Crippen molar-refractivity contribution < 1.29 is 13.5 Å². The van der Waals surface area contributed by atoms with Gasteiger partial charge in [0.05, 0.1) is 17.5 Å². The van der Waals surface area contributed by atoms with Crippen molar-refractivity contribution in [1.29, 1.82) is 0 Å². The molecule has 0 radical (unpaired) electrons. The number of anilines is 1. The molecule has 0 fully saturated rings. The first kappa shape index (κ1) is 16.0. The molecule has 0 saturated heterocycles. The molecule has 2 aromatic carbocycles. The Morgan fingerprint density at radius 3 is 2.43 bits per heavy atom. The number of nitrogen functional groups attached to an aromatic ring is 1. The lowest BCUT2D eigenvalue weighted by atomic mass is 10.1. The Bertz CT molecular complexity index is 720. The quantitative estimate of drug-likeness (QED) is 0.702. The fourth-order valence-electron chi connectivity index (χ4n) is 1.88. The Labute approximate surface area is 132 Å². The van der Waals surface area contributed by atoms with Gasteiger partial charge < -0.3 is 10.8 Å². The monoisotopic (exact) mass is 370 g/mol. The highest BCUT2D eigenvalue weighted by atomic mass is 79.9. The lowest BCUT2D eigenvalue weighted by Gasteiger charge is -2.17. The number of aliphatic hydroxyl groups is 1. The zero-order valence-corrected chi connectivity index (χ0v) is 13.4. The Morgan fingerprint density at radius 2 is 1.86 bits per heavy atom. The van der Waals surface area contributed by atoms with Gasteiger partial charge in [0.15, 0.2) is 0 Å². The van der Waals surface area contributed by atoms with Crippen LogP contribution in [0, 0.1) is 0 Å². The molecule has 2 aromatic rings. The van der Waals surface area contributed by atoms with Crippen molar-refractivity contribution in [3.63, 3.8) is 0 Å². The summed E-state index contributed by atoms with van der Waals surface area (Å²) in [6, 6.07) is 12.6. The maximum absolute atomic E-state index is 12.4. The minimum atomic E-state index is -3.78. The summed E-state index contributed by atoms with van der Waals surface area (Å²) in [5, 5.41) is 9.44. The first-order chi connectivity index (χ1) is 9.94. The number of benzene rings is 2. The molecule has 0 heterocycles. The second-order valence-corrected chi connectivity index (χ2v) is 6.99. The molecule has 4 N–H and O–H groups in total. The van der Waals surface area contributed by atoms with Gasteiger partial charge in [0, 0.05) is 10.2 Å². The van der Waals surface area contributed by atoms with Crippen LogP contribution in [0.2, 0.25) is 0 Å². The third-order valence-electron chi connectivity index (χ3n) is 2.93. The lowest BCUT2D eigenvalue weighted by Crippen LogP contribution is -2.31. The summed E-state index contributed by atoms with van der Waals surface area (Å²) >= 11 is 3.19. The van der Waals surface area contributed by atoms with Gasteiger partial charge in [0.2, 0.25) is 10.0 Å². The van der Waals surface area contributed by atoms with Crippen molar-refractivity contribution in [2.45, 2.75) is 10.9 Å². The molecule has 0 amide bonds. The van der Waals surface area contributed by atoms with Crippen LogP contribution in [-0.4, -0.2) is 20.1 Å². The van der Waals surface area contributed by atoms with Crippen LogP contribution in [-0.2, 0) is 10.0 Å². The molecule has 1 atom stereocenters. The maximum atomic E-state index is 12.4. The summed E-state index contributed by atoms with van der Waals surface area (Å²) in [5.74, 6) is 0. The Morgan fingerprint density at radius 1 is 1.19 bits per heavy atom. The van der Waals surface area contributed by atoms with E-state index in [1.54, 1.807) is 24.3 Å². The molecule has 0 unspecified atom stereocenters. The largest absolute Gasteiger partial charge is 0.399 e. The fourth-order valence-corrected chi connectivity index (χ4v) is 4.19. The number of rotatable bonds is 5. The van der Waals surface area contributed by atoms with Crippen molar-refractivity contribution in [3.8, 4) is 0 Å². The highest BCUT2D eigenvalue weighted by Gasteiger charge is 2.22. The maximum Gasteiger partial charge on any atom is 0.242 e. The summed E-state index contributed by atoms with van der Waals surface area (Å²) < 4.78 is 27.7. The number of halogens is 1. The number of nitrogens with two attached hydrogens (primary N) is 1.